The maximum Gasteiger partial charge on any atom is 0.276 e. The number of aryl methyl sites for hydroxylation is 1. The van der Waals surface area contributed by atoms with E-state index in [1.54, 1.807) is 23.1 Å². The van der Waals surface area contributed by atoms with Crippen LogP contribution in [0.25, 0.3) is 16.9 Å². The second-order valence-electron chi connectivity index (χ2n) is 6.31. The van der Waals surface area contributed by atoms with Crippen LogP contribution in [0.3, 0.4) is 0 Å². The number of amides is 1. The molecule has 0 saturated carbocycles. The van der Waals surface area contributed by atoms with E-state index in [1.807, 2.05) is 14.0 Å². The van der Waals surface area contributed by atoms with E-state index in [0.29, 0.717) is 5.65 Å². The lowest BCUT2D eigenvalue weighted by molar-refractivity contribution is -0.384. The van der Waals surface area contributed by atoms with Crippen LogP contribution in [0.2, 0.25) is 0 Å². The number of nitro groups is 1. The summed E-state index contributed by atoms with van der Waals surface area (Å²) in [6.45, 7) is 1.92. The smallest absolute Gasteiger partial charge is 0.276 e. The summed E-state index contributed by atoms with van der Waals surface area (Å²) in [6.07, 6.45) is 3.32. The van der Waals surface area contributed by atoms with Crippen molar-refractivity contribution in [3.05, 3.63) is 64.2 Å². The quantitative estimate of drug-likeness (QED) is 0.308. The molecule has 11 nitrogen and oxygen atoms in total. The van der Waals surface area contributed by atoms with Crippen LogP contribution in [0.15, 0.2) is 42.7 Å². The number of nitrogens with one attached hydrogen (secondary N) is 1. The van der Waals surface area contributed by atoms with Crippen LogP contribution in [0.4, 0.5) is 11.4 Å². The Kier molecular flexibility index (Phi) is 4.19. The molecule has 3 heterocycles. The Hall–Kier alpha value is -4.28. The third-order valence-corrected chi connectivity index (χ3v) is 4.54. The number of aromatic hydroxyl groups is 1. The molecule has 4 aromatic rings. The minimum absolute atomic E-state index is 0.0361. The monoisotopic (exact) mass is 393 g/mol. The number of fused-ring (bicyclic) bond motifs is 1. The molecule has 0 atom stereocenters. The van der Waals surface area contributed by atoms with Crippen molar-refractivity contribution in [3.8, 4) is 17.0 Å². The van der Waals surface area contributed by atoms with Gasteiger partial charge in [0.1, 0.15) is 5.75 Å². The van der Waals surface area contributed by atoms with E-state index in [2.05, 4.69) is 20.5 Å². The molecule has 0 spiro atoms. The van der Waals surface area contributed by atoms with Gasteiger partial charge in [-0.15, -0.1) is 0 Å². The summed E-state index contributed by atoms with van der Waals surface area (Å²) in [7, 11) is 1.83. The fourth-order valence-corrected chi connectivity index (χ4v) is 2.89. The van der Waals surface area contributed by atoms with Crippen LogP contribution >= 0.6 is 0 Å². The molecule has 0 aliphatic heterocycles. The lowest BCUT2D eigenvalue weighted by Crippen LogP contribution is -2.13. The Morgan fingerprint density at radius 3 is 2.72 bits per heavy atom. The summed E-state index contributed by atoms with van der Waals surface area (Å²) >= 11 is 0. The van der Waals surface area contributed by atoms with Crippen LogP contribution in [0, 0.1) is 17.0 Å². The zero-order chi connectivity index (χ0) is 20.7. The number of benzene rings is 1. The van der Waals surface area contributed by atoms with Crippen LogP contribution in [0.5, 0.6) is 5.75 Å². The first-order valence-electron chi connectivity index (χ1n) is 8.47. The summed E-state index contributed by atoms with van der Waals surface area (Å²) in [6, 6.07) is 6.68. The Labute approximate surface area is 163 Å². The lowest BCUT2D eigenvalue weighted by atomic mass is 10.2. The van der Waals surface area contributed by atoms with Gasteiger partial charge in [-0.1, -0.05) is 0 Å². The van der Waals surface area contributed by atoms with E-state index >= 15 is 0 Å². The Morgan fingerprint density at radius 2 is 2.07 bits per heavy atom. The molecule has 11 heteroatoms. The molecule has 3 aromatic heterocycles. The predicted octanol–water partition coefficient (Wildman–Crippen LogP) is 2.30. The third kappa shape index (κ3) is 3.14. The van der Waals surface area contributed by atoms with Gasteiger partial charge in [-0.05, 0) is 19.1 Å². The fourth-order valence-electron chi connectivity index (χ4n) is 2.89. The molecule has 0 unspecified atom stereocenters. The highest BCUT2D eigenvalue weighted by molar-refractivity contribution is 6.04. The van der Waals surface area contributed by atoms with Gasteiger partial charge in [0.2, 0.25) is 0 Å². The lowest BCUT2D eigenvalue weighted by Gasteiger charge is -2.05. The minimum atomic E-state index is -0.638. The molecule has 0 radical (unpaired) electrons. The first-order chi connectivity index (χ1) is 13.8. The molecule has 29 heavy (non-hydrogen) atoms. The number of rotatable bonds is 4. The minimum Gasteiger partial charge on any atom is -0.506 e. The van der Waals surface area contributed by atoms with Crippen molar-refractivity contribution in [3.63, 3.8) is 0 Å². The maximum atomic E-state index is 12.6. The molecule has 1 amide bonds. The summed E-state index contributed by atoms with van der Waals surface area (Å²) in [5.74, 6) is -1.00. The first kappa shape index (κ1) is 18.1. The average molecular weight is 393 g/mol. The van der Waals surface area contributed by atoms with Crippen LogP contribution < -0.4 is 5.32 Å². The summed E-state index contributed by atoms with van der Waals surface area (Å²) in [5, 5.41) is 31.7. The van der Waals surface area contributed by atoms with Crippen molar-refractivity contribution in [2.24, 2.45) is 7.05 Å². The normalized spacial score (nSPS) is 11.0. The Balaban J connectivity index is 1.68. The SMILES string of the molecule is Cc1c(-c2ccnc3cc(C(=O)Nc4ccc([N+](=O)[O-])cc4O)nn23)cnn1C. The van der Waals surface area contributed by atoms with E-state index in [-0.39, 0.29) is 17.1 Å². The molecule has 4 rings (SSSR count). The maximum absolute atomic E-state index is 12.6. The zero-order valence-electron chi connectivity index (χ0n) is 15.4. The van der Waals surface area contributed by atoms with E-state index in [1.165, 1.54) is 22.7 Å². The summed E-state index contributed by atoms with van der Waals surface area (Å²) in [5.41, 5.74) is 2.78. The fraction of sp³-hybridized carbons (Fsp3) is 0.111. The van der Waals surface area contributed by atoms with Gasteiger partial charge in [0, 0.05) is 36.6 Å². The summed E-state index contributed by atoms with van der Waals surface area (Å²) < 4.78 is 3.27. The van der Waals surface area contributed by atoms with Crippen molar-refractivity contribution < 1.29 is 14.8 Å². The van der Waals surface area contributed by atoms with Gasteiger partial charge in [-0.3, -0.25) is 19.6 Å². The molecular weight excluding hydrogens is 378 g/mol. The highest BCUT2D eigenvalue weighted by Crippen LogP contribution is 2.28. The van der Waals surface area contributed by atoms with Gasteiger partial charge in [-0.2, -0.15) is 10.2 Å². The van der Waals surface area contributed by atoms with Crippen molar-refractivity contribution >= 4 is 22.9 Å². The van der Waals surface area contributed by atoms with E-state index in [4.69, 9.17) is 0 Å². The predicted molar refractivity (Wildman–Crippen MR) is 103 cm³/mol. The van der Waals surface area contributed by atoms with Gasteiger partial charge >= 0.3 is 0 Å². The number of nitrogens with zero attached hydrogens (tertiary/aromatic N) is 6. The molecule has 0 aliphatic rings. The average Bonchev–Trinajstić information content (AvgIpc) is 3.27. The molecule has 0 fully saturated rings. The number of hydrogen-bond donors (Lipinski definition) is 2. The standard InChI is InChI=1S/C18H15N7O4/c1-10-12(9-20-23(10)2)15-5-6-19-17-8-14(22-24(15)17)18(27)21-13-4-3-11(25(28)29)7-16(13)26/h3-9,26H,1-2H3,(H,21,27). The topological polar surface area (TPSA) is 140 Å². The van der Waals surface area contributed by atoms with Gasteiger partial charge in [0.15, 0.2) is 11.3 Å². The molecule has 2 N–H and O–H groups in total. The van der Waals surface area contributed by atoms with Crippen molar-refractivity contribution in [2.45, 2.75) is 6.92 Å². The molecule has 1 aromatic carbocycles. The van der Waals surface area contributed by atoms with Crippen LogP contribution in [-0.2, 0) is 7.05 Å². The Bertz CT molecular complexity index is 1270. The highest BCUT2D eigenvalue weighted by Gasteiger charge is 2.18. The van der Waals surface area contributed by atoms with Gasteiger partial charge in [0.25, 0.3) is 11.6 Å². The number of phenols is 1. The number of non-ortho nitro benzene ring substituents is 1. The van der Waals surface area contributed by atoms with Crippen molar-refractivity contribution in [2.75, 3.05) is 5.32 Å². The van der Waals surface area contributed by atoms with E-state index < -0.39 is 16.6 Å². The van der Waals surface area contributed by atoms with Crippen molar-refractivity contribution in [1.29, 1.82) is 0 Å². The number of carbonyl (C=O) groups is 1. The molecule has 0 aliphatic carbocycles. The van der Waals surface area contributed by atoms with E-state index in [0.717, 1.165) is 23.0 Å². The van der Waals surface area contributed by atoms with Gasteiger partial charge < -0.3 is 10.4 Å². The number of carbonyl (C=O) groups excluding carboxylic acids is 1. The number of anilines is 1. The Morgan fingerprint density at radius 1 is 1.28 bits per heavy atom. The molecular formula is C18H15N7O4. The highest BCUT2D eigenvalue weighted by atomic mass is 16.6. The molecule has 0 bridgehead atoms. The molecule has 0 saturated heterocycles. The van der Waals surface area contributed by atoms with Gasteiger partial charge in [-0.25, -0.2) is 9.50 Å². The van der Waals surface area contributed by atoms with Crippen LogP contribution in [0.1, 0.15) is 16.2 Å². The van der Waals surface area contributed by atoms with Crippen molar-refractivity contribution in [1.82, 2.24) is 24.4 Å². The number of hydrogen-bond acceptors (Lipinski definition) is 7. The second kappa shape index (κ2) is 6.71. The number of phenolic OH excluding ortho intramolecular Hbond substituents is 1. The largest absolute Gasteiger partial charge is 0.506 e. The second-order valence-corrected chi connectivity index (χ2v) is 6.31. The molecule has 146 valence electrons. The van der Waals surface area contributed by atoms with Crippen LogP contribution in [-0.4, -0.2) is 40.3 Å². The third-order valence-electron chi connectivity index (χ3n) is 4.54. The number of nitro benzene ring substituents is 1. The summed E-state index contributed by atoms with van der Waals surface area (Å²) in [4.78, 5) is 27.0. The van der Waals surface area contributed by atoms with E-state index in [9.17, 15) is 20.0 Å². The number of aromatic nitrogens is 5. The van der Waals surface area contributed by atoms with Gasteiger partial charge in [0.05, 0.1) is 28.6 Å². The first-order valence-corrected chi connectivity index (χ1v) is 8.47. The zero-order valence-corrected chi connectivity index (χ0v) is 15.4.